The third-order valence-corrected chi connectivity index (χ3v) is 5.54. The van der Waals surface area contributed by atoms with Gasteiger partial charge in [-0.15, -0.1) is 11.3 Å². The highest BCUT2D eigenvalue weighted by molar-refractivity contribution is 7.17. The van der Waals surface area contributed by atoms with Crippen molar-refractivity contribution in [1.82, 2.24) is 0 Å². The highest BCUT2D eigenvalue weighted by Gasteiger charge is 2.48. The second-order valence-electron chi connectivity index (χ2n) is 5.66. The fourth-order valence-corrected chi connectivity index (χ4v) is 4.58. The topological polar surface area (TPSA) is 34.1 Å². The average Bonchev–Trinajstić information content (AvgIpc) is 2.95. The van der Waals surface area contributed by atoms with Crippen molar-refractivity contribution in [2.75, 3.05) is 0 Å². The zero-order valence-corrected chi connectivity index (χ0v) is 11.8. The highest BCUT2D eigenvalue weighted by atomic mass is 32.1. The Labute approximate surface area is 125 Å². The fourth-order valence-electron chi connectivity index (χ4n) is 3.76. The molecule has 0 N–H and O–H groups in total. The van der Waals surface area contributed by atoms with Crippen molar-refractivity contribution >= 4 is 33.0 Å². The minimum Gasteiger partial charge on any atom is -0.290 e. The molecule has 0 radical (unpaired) electrons. The number of carbonyl (C=O) groups is 2. The summed E-state index contributed by atoms with van der Waals surface area (Å²) in [6.07, 6.45) is 0. The van der Waals surface area contributed by atoms with Crippen molar-refractivity contribution in [2.45, 2.75) is 11.8 Å². The number of fused-ring (bicyclic) bond motifs is 2. The molecule has 1 heterocycles. The van der Waals surface area contributed by atoms with Crippen LogP contribution in [0.3, 0.4) is 0 Å². The summed E-state index contributed by atoms with van der Waals surface area (Å²) < 4.78 is 1.18. The van der Waals surface area contributed by atoms with Gasteiger partial charge in [0, 0.05) is 4.70 Å². The van der Waals surface area contributed by atoms with Gasteiger partial charge in [-0.25, -0.2) is 0 Å². The van der Waals surface area contributed by atoms with Gasteiger partial charge >= 0.3 is 0 Å². The molecule has 0 fully saturated rings. The van der Waals surface area contributed by atoms with Crippen LogP contribution in [0.1, 0.15) is 34.1 Å². The van der Waals surface area contributed by atoms with Gasteiger partial charge in [-0.2, -0.15) is 0 Å². The third-order valence-electron chi connectivity index (χ3n) is 4.67. The molecule has 0 aliphatic heterocycles. The van der Waals surface area contributed by atoms with Gasteiger partial charge in [0.25, 0.3) is 0 Å². The van der Waals surface area contributed by atoms with Crippen LogP contribution in [0.4, 0.5) is 0 Å². The molecule has 0 spiro atoms. The molecule has 3 aliphatic rings. The molecular weight excluding hydrogens is 280 g/mol. The van der Waals surface area contributed by atoms with E-state index in [2.05, 4.69) is 23.6 Å². The van der Waals surface area contributed by atoms with Crippen molar-refractivity contribution in [3.8, 4) is 0 Å². The van der Waals surface area contributed by atoms with Crippen LogP contribution >= 0.6 is 11.3 Å². The lowest BCUT2D eigenvalue weighted by Gasteiger charge is -2.37. The molecule has 3 heteroatoms. The van der Waals surface area contributed by atoms with Crippen LogP contribution in [0, 0.1) is 0 Å². The summed E-state index contributed by atoms with van der Waals surface area (Å²) in [5.41, 5.74) is 4.07. The zero-order chi connectivity index (χ0) is 14.1. The van der Waals surface area contributed by atoms with Gasteiger partial charge in [-0.3, -0.25) is 9.59 Å². The van der Waals surface area contributed by atoms with E-state index in [1.165, 1.54) is 4.70 Å². The standard InChI is InChI=1S/C18H10O2S/c19-17-15-10-3-1-2-4-11(10)16(18(17)20)13-8-14-9(5-6-21-14)7-12(13)15/h1-8,15-16H. The normalized spacial score (nSPS) is 22.5. The van der Waals surface area contributed by atoms with E-state index >= 15 is 0 Å². The fraction of sp³-hybridized carbons (Fsp3) is 0.111. The first kappa shape index (κ1) is 11.4. The first-order valence-electron chi connectivity index (χ1n) is 6.93. The molecule has 0 saturated heterocycles. The van der Waals surface area contributed by atoms with Crippen LogP contribution in [-0.4, -0.2) is 11.6 Å². The molecule has 0 saturated carbocycles. The Morgan fingerprint density at radius 2 is 1.38 bits per heavy atom. The maximum absolute atomic E-state index is 12.4. The predicted molar refractivity (Wildman–Crippen MR) is 82.0 cm³/mol. The Balaban J connectivity index is 1.93. The number of thiophene rings is 1. The smallest absolute Gasteiger partial charge is 0.211 e. The van der Waals surface area contributed by atoms with Gasteiger partial charge in [0.05, 0.1) is 11.8 Å². The first-order chi connectivity index (χ1) is 10.3. The summed E-state index contributed by atoms with van der Waals surface area (Å²) in [6, 6.07) is 14.1. The van der Waals surface area contributed by atoms with E-state index in [1.807, 2.05) is 24.3 Å². The lowest BCUT2D eigenvalue weighted by Crippen LogP contribution is -2.40. The Bertz CT molecular complexity index is 876. The lowest BCUT2D eigenvalue weighted by molar-refractivity contribution is -0.138. The van der Waals surface area contributed by atoms with Crippen LogP contribution in [-0.2, 0) is 9.59 Å². The Morgan fingerprint density at radius 3 is 2.05 bits per heavy atom. The van der Waals surface area contributed by atoms with E-state index in [0.29, 0.717) is 0 Å². The van der Waals surface area contributed by atoms with Crippen molar-refractivity contribution in [3.05, 3.63) is 70.1 Å². The quantitative estimate of drug-likeness (QED) is 0.592. The second kappa shape index (κ2) is 3.68. The number of rotatable bonds is 0. The molecule has 2 nitrogen and oxygen atoms in total. The first-order valence-corrected chi connectivity index (χ1v) is 7.81. The zero-order valence-electron chi connectivity index (χ0n) is 11.0. The van der Waals surface area contributed by atoms with E-state index in [4.69, 9.17) is 0 Å². The van der Waals surface area contributed by atoms with Gasteiger partial charge in [-0.1, -0.05) is 24.3 Å². The van der Waals surface area contributed by atoms with Crippen LogP contribution in [0.25, 0.3) is 10.1 Å². The molecule has 21 heavy (non-hydrogen) atoms. The second-order valence-corrected chi connectivity index (χ2v) is 6.61. The highest BCUT2D eigenvalue weighted by Crippen LogP contribution is 2.50. The van der Waals surface area contributed by atoms with Gasteiger partial charge in [0.1, 0.15) is 0 Å². The molecule has 2 unspecified atom stereocenters. The molecule has 2 aromatic carbocycles. The monoisotopic (exact) mass is 290 g/mol. The lowest BCUT2D eigenvalue weighted by atomic mass is 9.62. The molecule has 100 valence electrons. The van der Waals surface area contributed by atoms with Crippen LogP contribution in [0.5, 0.6) is 0 Å². The Kier molecular flexibility index (Phi) is 2.00. The number of Topliss-reactive ketones (excluding diaryl/α,β-unsaturated/α-hetero) is 2. The number of ketones is 2. The van der Waals surface area contributed by atoms with Crippen molar-refractivity contribution in [3.63, 3.8) is 0 Å². The minimum absolute atomic E-state index is 0.248. The average molecular weight is 290 g/mol. The number of benzene rings is 2. The van der Waals surface area contributed by atoms with Crippen molar-refractivity contribution in [2.24, 2.45) is 0 Å². The van der Waals surface area contributed by atoms with Crippen LogP contribution < -0.4 is 0 Å². The molecule has 3 aromatic rings. The summed E-state index contributed by atoms with van der Waals surface area (Å²) >= 11 is 1.67. The van der Waals surface area contributed by atoms with Crippen molar-refractivity contribution < 1.29 is 9.59 Å². The van der Waals surface area contributed by atoms with E-state index in [0.717, 1.165) is 27.6 Å². The van der Waals surface area contributed by atoms with E-state index in [1.54, 1.807) is 11.3 Å². The van der Waals surface area contributed by atoms with Gasteiger partial charge in [0.2, 0.25) is 11.6 Å². The van der Waals surface area contributed by atoms with E-state index in [9.17, 15) is 9.59 Å². The summed E-state index contributed by atoms with van der Waals surface area (Å²) in [4.78, 5) is 24.9. The summed E-state index contributed by atoms with van der Waals surface area (Å²) in [6.45, 7) is 0. The summed E-state index contributed by atoms with van der Waals surface area (Å²) in [5.74, 6) is -1.30. The molecule has 3 aliphatic carbocycles. The number of hydrogen-bond donors (Lipinski definition) is 0. The largest absolute Gasteiger partial charge is 0.290 e. The van der Waals surface area contributed by atoms with Crippen molar-refractivity contribution in [1.29, 1.82) is 0 Å². The Hall–Kier alpha value is -2.26. The maximum Gasteiger partial charge on any atom is 0.211 e. The van der Waals surface area contributed by atoms with E-state index < -0.39 is 11.8 Å². The third kappa shape index (κ3) is 1.27. The predicted octanol–water partition coefficient (Wildman–Crippen LogP) is 3.63. The van der Waals surface area contributed by atoms with Crippen LogP contribution in [0.2, 0.25) is 0 Å². The minimum atomic E-state index is -0.405. The van der Waals surface area contributed by atoms with Gasteiger partial charge in [-0.05, 0) is 51.2 Å². The molecular formula is C18H10O2S. The molecule has 6 rings (SSSR count). The molecule has 0 amide bonds. The van der Waals surface area contributed by atoms with E-state index in [-0.39, 0.29) is 11.6 Å². The van der Waals surface area contributed by atoms with Gasteiger partial charge in [0.15, 0.2) is 0 Å². The number of carbonyl (C=O) groups excluding carboxylic acids is 2. The maximum atomic E-state index is 12.4. The van der Waals surface area contributed by atoms with Crippen LogP contribution in [0.15, 0.2) is 47.8 Å². The summed E-state index contributed by atoms with van der Waals surface area (Å²) in [7, 11) is 0. The SMILES string of the molecule is O=C1C(=O)C2c3ccccc3C1c1cc3ccsc3cc12. The number of hydrogen-bond acceptors (Lipinski definition) is 3. The van der Waals surface area contributed by atoms with Gasteiger partial charge < -0.3 is 0 Å². The summed E-state index contributed by atoms with van der Waals surface area (Å²) in [5, 5.41) is 3.21. The molecule has 2 bridgehead atoms. The Morgan fingerprint density at radius 1 is 0.762 bits per heavy atom. The molecule has 2 atom stereocenters. The molecule has 1 aromatic heterocycles.